The highest BCUT2D eigenvalue weighted by atomic mass is 16.5. The Balaban J connectivity index is 2.02. The molecule has 0 aromatic rings. The average Bonchev–Trinajstić information content (AvgIpc) is 2.23. The molecule has 0 aromatic carbocycles. The molecule has 2 heterocycles. The Morgan fingerprint density at radius 3 is 3.00 bits per heavy atom. The minimum atomic E-state index is 0.592. The second kappa shape index (κ2) is 3.91. The molecule has 0 bridgehead atoms. The molecule has 3 N–H and O–H groups in total. The Morgan fingerprint density at radius 2 is 2.36 bits per heavy atom. The molecule has 0 fully saturated rings. The van der Waals surface area contributed by atoms with Crippen molar-refractivity contribution >= 4 is 0 Å². The van der Waals surface area contributed by atoms with Gasteiger partial charge in [0.15, 0.2) is 0 Å². The summed E-state index contributed by atoms with van der Waals surface area (Å²) >= 11 is 0. The predicted octanol–water partition coefficient (Wildman–Crippen LogP) is 0.509. The normalized spacial score (nSPS) is 23.0. The predicted molar refractivity (Wildman–Crippen MR) is 54.7 cm³/mol. The standard InChI is InChI=1S/C10H13N3O/c1-8-12-5-9(6-13-8)4-10-7-14-3-2-11-10/h2-5,11-13H,1,6-7H2/b10-4-. The Morgan fingerprint density at radius 1 is 1.43 bits per heavy atom. The van der Waals surface area contributed by atoms with E-state index < -0.39 is 0 Å². The minimum Gasteiger partial charge on any atom is -0.493 e. The highest BCUT2D eigenvalue weighted by Gasteiger charge is 2.05. The van der Waals surface area contributed by atoms with Crippen LogP contribution in [-0.4, -0.2) is 13.2 Å². The molecule has 2 rings (SSSR count). The maximum atomic E-state index is 5.15. The van der Waals surface area contributed by atoms with Crippen molar-refractivity contribution in [2.24, 2.45) is 0 Å². The fraction of sp³-hybridized carbons (Fsp3) is 0.200. The summed E-state index contributed by atoms with van der Waals surface area (Å²) in [6.07, 6.45) is 7.41. The Bertz CT molecular complexity index is 328. The number of nitrogens with one attached hydrogen (secondary N) is 3. The van der Waals surface area contributed by atoms with Crippen molar-refractivity contribution in [3.8, 4) is 0 Å². The number of hydrogen-bond acceptors (Lipinski definition) is 4. The van der Waals surface area contributed by atoms with Gasteiger partial charge in [-0.05, 0) is 11.6 Å². The molecule has 0 unspecified atom stereocenters. The zero-order chi connectivity index (χ0) is 9.80. The first-order valence-corrected chi connectivity index (χ1v) is 4.47. The third-order valence-corrected chi connectivity index (χ3v) is 1.97. The Labute approximate surface area is 83.0 Å². The Kier molecular flexibility index (Phi) is 2.44. The topological polar surface area (TPSA) is 45.3 Å². The van der Waals surface area contributed by atoms with Gasteiger partial charge in [-0.2, -0.15) is 0 Å². The van der Waals surface area contributed by atoms with Crippen LogP contribution in [0.15, 0.2) is 48.4 Å². The summed E-state index contributed by atoms with van der Waals surface area (Å²) in [4.78, 5) is 0. The molecule has 2 aliphatic rings. The summed E-state index contributed by atoms with van der Waals surface area (Å²) < 4.78 is 5.15. The lowest BCUT2D eigenvalue weighted by atomic mass is 10.2. The van der Waals surface area contributed by atoms with Gasteiger partial charge in [0.25, 0.3) is 0 Å². The minimum absolute atomic E-state index is 0.592. The van der Waals surface area contributed by atoms with Crippen molar-refractivity contribution in [2.75, 3.05) is 13.2 Å². The van der Waals surface area contributed by atoms with Crippen molar-refractivity contribution in [2.45, 2.75) is 0 Å². The SMILES string of the molecule is C=C1NC=C(/C=C2/COC=CN2)CN1. The molecule has 0 spiro atoms. The smallest absolute Gasteiger partial charge is 0.127 e. The van der Waals surface area contributed by atoms with Crippen molar-refractivity contribution in [3.05, 3.63) is 48.4 Å². The van der Waals surface area contributed by atoms with E-state index in [4.69, 9.17) is 4.74 Å². The van der Waals surface area contributed by atoms with E-state index in [0.717, 1.165) is 18.1 Å². The highest BCUT2D eigenvalue weighted by molar-refractivity contribution is 5.29. The van der Waals surface area contributed by atoms with E-state index in [1.165, 1.54) is 5.57 Å². The van der Waals surface area contributed by atoms with Gasteiger partial charge in [0, 0.05) is 18.9 Å². The van der Waals surface area contributed by atoms with E-state index in [1.54, 1.807) is 12.5 Å². The summed E-state index contributed by atoms with van der Waals surface area (Å²) in [6.45, 7) is 5.14. The molecule has 0 aromatic heterocycles. The summed E-state index contributed by atoms with van der Waals surface area (Å²) in [6, 6.07) is 0. The molecule has 0 atom stereocenters. The molecule has 4 nitrogen and oxygen atoms in total. The molecular weight excluding hydrogens is 178 g/mol. The van der Waals surface area contributed by atoms with Gasteiger partial charge in [-0.1, -0.05) is 6.58 Å². The van der Waals surface area contributed by atoms with E-state index >= 15 is 0 Å². The summed E-state index contributed by atoms with van der Waals surface area (Å²) in [5.74, 6) is 0.833. The second-order valence-corrected chi connectivity index (χ2v) is 3.12. The quantitative estimate of drug-likeness (QED) is 0.565. The zero-order valence-electron chi connectivity index (χ0n) is 7.84. The van der Waals surface area contributed by atoms with Crippen LogP contribution in [0, 0.1) is 0 Å². The summed E-state index contributed by atoms with van der Waals surface area (Å²) in [5.41, 5.74) is 2.22. The summed E-state index contributed by atoms with van der Waals surface area (Å²) in [7, 11) is 0. The van der Waals surface area contributed by atoms with Crippen LogP contribution < -0.4 is 16.0 Å². The van der Waals surface area contributed by atoms with Crippen LogP contribution in [0.1, 0.15) is 0 Å². The third kappa shape index (κ3) is 2.10. The third-order valence-electron chi connectivity index (χ3n) is 1.97. The number of hydrogen-bond donors (Lipinski definition) is 3. The van der Waals surface area contributed by atoms with E-state index in [9.17, 15) is 0 Å². The van der Waals surface area contributed by atoms with Gasteiger partial charge in [0.2, 0.25) is 0 Å². The largest absolute Gasteiger partial charge is 0.493 e. The molecule has 0 saturated carbocycles. The fourth-order valence-corrected chi connectivity index (χ4v) is 1.26. The molecule has 0 saturated heterocycles. The second-order valence-electron chi connectivity index (χ2n) is 3.12. The molecule has 0 amide bonds. The molecule has 0 radical (unpaired) electrons. The van der Waals surface area contributed by atoms with E-state index in [1.807, 2.05) is 6.20 Å². The monoisotopic (exact) mass is 191 g/mol. The Hall–Kier alpha value is -1.84. The van der Waals surface area contributed by atoms with E-state index in [-0.39, 0.29) is 0 Å². The first-order chi connectivity index (χ1) is 6.84. The van der Waals surface area contributed by atoms with Crippen molar-refractivity contribution < 1.29 is 4.74 Å². The summed E-state index contributed by atoms with van der Waals surface area (Å²) in [5, 5.41) is 9.25. The first-order valence-electron chi connectivity index (χ1n) is 4.47. The molecule has 14 heavy (non-hydrogen) atoms. The van der Waals surface area contributed by atoms with Gasteiger partial charge in [-0.25, -0.2) is 0 Å². The lowest BCUT2D eigenvalue weighted by Gasteiger charge is -2.18. The lowest BCUT2D eigenvalue weighted by Crippen LogP contribution is -2.29. The highest BCUT2D eigenvalue weighted by Crippen LogP contribution is 2.06. The van der Waals surface area contributed by atoms with Crippen LogP contribution in [-0.2, 0) is 4.74 Å². The van der Waals surface area contributed by atoms with Crippen molar-refractivity contribution in [3.63, 3.8) is 0 Å². The number of ether oxygens (including phenoxy) is 1. The van der Waals surface area contributed by atoms with Crippen LogP contribution in [0.25, 0.3) is 0 Å². The van der Waals surface area contributed by atoms with Crippen LogP contribution in [0.5, 0.6) is 0 Å². The van der Waals surface area contributed by atoms with E-state index in [0.29, 0.717) is 6.61 Å². The molecule has 2 aliphatic heterocycles. The first kappa shape index (κ1) is 8.74. The molecular formula is C10H13N3O. The van der Waals surface area contributed by atoms with E-state index in [2.05, 4.69) is 28.6 Å². The van der Waals surface area contributed by atoms with Gasteiger partial charge >= 0.3 is 0 Å². The van der Waals surface area contributed by atoms with Gasteiger partial charge < -0.3 is 20.7 Å². The fourth-order valence-electron chi connectivity index (χ4n) is 1.26. The maximum absolute atomic E-state index is 5.15. The van der Waals surface area contributed by atoms with Gasteiger partial charge in [0.05, 0.1) is 17.8 Å². The van der Waals surface area contributed by atoms with Gasteiger partial charge in [-0.15, -0.1) is 0 Å². The maximum Gasteiger partial charge on any atom is 0.127 e. The zero-order valence-corrected chi connectivity index (χ0v) is 7.84. The average molecular weight is 191 g/mol. The lowest BCUT2D eigenvalue weighted by molar-refractivity contribution is 0.261. The van der Waals surface area contributed by atoms with Gasteiger partial charge in [0.1, 0.15) is 6.61 Å². The van der Waals surface area contributed by atoms with Crippen LogP contribution in [0.4, 0.5) is 0 Å². The molecule has 0 aliphatic carbocycles. The van der Waals surface area contributed by atoms with Crippen molar-refractivity contribution in [1.29, 1.82) is 0 Å². The molecule has 4 heteroatoms. The molecule has 74 valence electrons. The van der Waals surface area contributed by atoms with Crippen LogP contribution in [0.3, 0.4) is 0 Å². The van der Waals surface area contributed by atoms with Crippen LogP contribution in [0.2, 0.25) is 0 Å². The number of rotatable bonds is 1. The van der Waals surface area contributed by atoms with Crippen molar-refractivity contribution in [1.82, 2.24) is 16.0 Å². The van der Waals surface area contributed by atoms with Gasteiger partial charge in [-0.3, -0.25) is 0 Å². The van der Waals surface area contributed by atoms with Crippen LogP contribution >= 0.6 is 0 Å².